The molecule has 0 radical (unpaired) electrons. The second kappa shape index (κ2) is 6.46. The van der Waals surface area contributed by atoms with Crippen LogP contribution in [0.4, 0.5) is 5.82 Å². The third-order valence-corrected chi connectivity index (χ3v) is 4.93. The Kier molecular flexibility index (Phi) is 4.15. The summed E-state index contributed by atoms with van der Waals surface area (Å²) in [7, 11) is 1.96. The molecule has 3 heterocycles. The Labute approximate surface area is 147 Å². The highest BCUT2D eigenvalue weighted by molar-refractivity contribution is 5.93. The smallest absolute Gasteiger partial charge is 0.254 e. The lowest BCUT2D eigenvalue weighted by molar-refractivity contribution is 0.0932. The topological polar surface area (TPSA) is 75.9 Å². The van der Waals surface area contributed by atoms with E-state index in [2.05, 4.69) is 31.3 Å². The van der Waals surface area contributed by atoms with Crippen molar-refractivity contribution in [3.05, 3.63) is 35.5 Å². The van der Waals surface area contributed by atoms with Crippen molar-refractivity contribution < 1.29 is 4.79 Å². The maximum Gasteiger partial charge on any atom is 0.254 e. The highest BCUT2D eigenvalue weighted by Gasteiger charge is 2.27. The largest absolute Gasteiger partial charge is 0.355 e. The van der Waals surface area contributed by atoms with E-state index in [-0.39, 0.29) is 11.9 Å². The maximum atomic E-state index is 12.5. The first-order valence-electron chi connectivity index (χ1n) is 8.98. The lowest BCUT2D eigenvalue weighted by atomic mass is 10.1. The van der Waals surface area contributed by atoms with Gasteiger partial charge in [0, 0.05) is 50.6 Å². The van der Waals surface area contributed by atoms with Gasteiger partial charge in [0.2, 0.25) is 0 Å². The number of amides is 1. The molecule has 0 bridgehead atoms. The number of hydrogen-bond donors (Lipinski definition) is 1. The Hall–Kier alpha value is -2.44. The van der Waals surface area contributed by atoms with Gasteiger partial charge in [0.15, 0.2) is 0 Å². The predicted octanol–water partition coefficient (Wildman–Crippen LogP) is 1.79. The molecule has 1 aliphatic heterocycles. The van der Waals surface area contributed by atoms with Crippen LogP contribution in [0.1, 0.15) is 53.5 Å². The first-order chi connectivity index (χ1) is 12.1. The predicted molar refractivity (Wildman–Crippen MR) is 94.7 cm³/mol. The van der Waals surface area contributed by atoms with Crippen LogP contribution >= 0.6 is 0 Å². The minimum atomic E-state index is -0.0876. The summed E-state index contributed by atoms with van der Waals surface area (Å²) in [5.41, 5.74) is 1.55. The Morgan fingerprint density at radius 1 is 1.24 bits per heavy atom. The number of carbonyl (C=O) groups excluding carboxylic acids is 1. The molecule has 1 aliphatic carbocycles. The minimum Gasteiger partial charge on any atom is -0.355 e. The van der Waals surface area contributed by atoms with Crippen LogP contribution in [0.5, 0.6) is 0 Å². The van der Waals surface area contributed by atoms with E-state index in [4.69, 9.17) is 0 Å². The molecule has 2 aromatic rings. The zero-order chi connectivity index (χ0) is 17.4. The fraction of sp³-hybridized carbons (Fsp3) is 0.556. The third-order valence-electron chi connectivity index (χ3n) is 4.93. The Morgan fingerprint density at radius 2 is 2.00 bits per heavy atom. The molecule has 1 amide bonds. The Balaban J connectivity index is 1.39. The highest BCUT2D eigenvalue weighted by atomic mass is 16.1. The van der Waals surface area contributed by atoms with Crippen LogP contribution < -0.4 is 10.2 Å². The molecule has 1 saturated carbocycles. The highest BCUT2D eigenvalue weighted by Crippen LogP contribution is 2.37. The summed E-state index contributed by atoms with van der Waals surface area (Å²) in [5, 5.41) is 7.55. The summed E-state index contributed by atoms with van der Waals surface area (Å²) in [6, 6.07) is 2.22. The maximum absolute atomic E-state index is 12.5. The van der Waals surface area contributed by atoms with Crippen LogP contribution in [0, 0.1) is 6.92 Å². The first kappa shape index (κ1) is 16.1. The summed E-state index contributed by atoms with van der Waals surface area (Å²) in [4.78, 5) is 23.5. The van der Waals surface area contributed by atoms with Gasteiger partial charge in [-0.3, -0.25) is 9.48 Å². The van der Waals surface area contributed by atoms with Crippen LogP contribution in [-0.4, -0.2) is 44.8 Å². The van der Waals surface area contributed by atoms with Crippen LogP contribution in [0.25, 0.3) is 0 Å². The van der Waals surface area contributed by atoms with E-state index in [0.717, 1.165) is 56.1 Å². The van der Waals surface area contributed by atoms with Gasteiger partial charge in [-0.2, -0.15) is 5.10 Å². The SMILES string of the molecule is Cc1cc(N2CCC[C@H](NC(=O)c3cnc(C4CC4)nc3)C2)n(C)n1. The number of hydrogen-bond acceptors (Lipinski definition) is 5. The lowest BCUT2D eigenvalue weighted by Crippen LogP contribution is -2.48. The molecule has 132 valence electrons. The van der Waals surface area contributed by atoms with E-state index >= 15 is 0 Å². The van der Waals surface area contributed by atoms with E-state index in [1.807, 2.05) is 18.7 Å². The van der Waals surface area contributed by atoms with Crippen molar-refractivity contribution in [1.82, 2.24) is 25.1 Å². The van der Waals surface area contributed by atoms with Gasteiger partial charge in [-0.1, -0.05) is 0 Å². The molecule has 0 unspecified atom stereocenters. The molecule has 2 fully saturated rings. The van der Waals surface area contributed by atoms with Crippen molar-refractivity contribution in [2.24, 2.45) is 7.05 Å². The molecule has 1 saturated heterocycles. The van der Waals surface area contributed by atoms with E-state index in [0.29, 0.717) is 11.5 Å². The Morgan fingerprint density at radius 3 is 2.64 bits per heavy atom. The van der Waals surface area contributed by atoms with Crippen molar-refractivity contribution >= 4 is 11.7 Å². The number of rotatable bonds is 4. The zero-order valence-corrected chi connectivity index (χ0v) is 14.8. The Bertz CT molecular complexity index is 764. The van der Waals surface area contributed by atoms with Crippen LogP contribution in [-0.2, 0) is 7.05 Å². The van der Waals surface area contributed by atoms with Gasteiger partial charge >= 0.3 is 0 Å². The second-order valence-electron chi connectivity index (χ2n) is 7.13. The number of nitrogens with one attached hydrogen (secondary N) is 1. The fourth-order valence-electron chi connectivity index (χ4n) is 3.47. The van der Waals surface area contributed by atoms with E-state index < -0.39 is 0 Å². The summed E-state index contributed by atoms with van der Waals surface area (Å²) in [6.45, 7) is 3.79. The number of aromatic nitrogens is 4. The van der Waals surface area contributed by atoms with Crippen molar-refractivity contribution in [1.29, 1.82) is 0 Å². The number of aryl methyl sites for hydroxylation is 2. The third kappa shape index (κ3) is 3.50. The molecule has 0 spiro atoms. The van der Waals surface area contributed by atoms with E-state index in [1.165, 1.54) is 0 Å². The molecular formula is C18H24N6O. The van der Waals surface area contributed by atoms with Crippen LogP contribution in [0.2, 0.25) is 0 Å². The van der Waals surface area contributed by atoms with E-state index in [1.54, 1.807) is 12.4 Å². The molecule has 2 aliphatic rings. The fourth-order valence-corrected chi connectivity index (χ4v) is 3.47. The molecule has 7 heteroatoms. The van der Waals surface area contributed by atoms with E-state index in [9.17, 15) is 4.79 Å². The quantitative estimate of drug-likeness (QED) is 0.918. The number of anilines is 1. The standard InChI is InChI=1S/C18H24N6O/c1-12-8-16(23(2)22-12)24-7-3-4-15(11-24)21-18(25)14-9-19-17(20-10-14)13-5-6-13/h8-10,13,15H,3-7,11H2,1-2H3,(H,21,25)/t15-/m0/s1. The number of nitrogens with zero attached hydrogens (tertiary/aromatic N) is 5. The van der Waals surface area contributed by atoms with Crippen molar-refractivity contribution in [3.63, 3.8) is 0 Å². The summed E-state index contributed by atoms with van der Waals surface area (Å²) in [6.07, 6.45) is 7.67. The first-order valence-corrected chi connectivity index (χ1v) is 8.98. The molecule has 1 N–H and O–H groups in total. The molecule has 25 heavy (non-hydrogen) atoms. The minimum absolute atomic E-state index is 0.0876. The molecule has 1 atom stereocenters. The number of carbonyl (C=O) groups is 1. The second-order valence-corrected chi connectivity index (χ2v) is 7.13. The van der Waals surface area contributed by atoms with Gasteiger partial charge in [0.1, 0.15) is 11.6 Å². The van der Waals surface area contributed by atoms with Crippen LogP contribution in [0.15, 0.2) is 18.5 Å². The molecule has 0 aromatic carbocycles. The van der Waals surface area contributed by atoms with Gasteiger partial charge in [-0.15, -0.1) is 0 Å². The van der Waals surface area contributed by atoms with Gasteiger partial charge in [-0.25, -0.2) is 9.97 Å². The lowest BCUT2D eigenvalue weighted by Gasteiger charge is -2.34. The van der Waals surface area contributed by atoms with Crippen LogP contribution in [0.3, 0.4) is 0 Å². The van der Waals surface area contributed by atoms with Gasteiger partial charge in [0.05, 0.1) is 11.3 Å². The molecule has 7 nitrogen and oxygen atoms in total. The summed E-state index contributed by atoms with van der Waals surface area (Å²) >= 11 is 0. The summed E-state index contributed by atoms with van der Waals surface area (Å²) in [5.74, 6) is 2.39. The average Bonchev–Trinajstić information content (AvgIpc) is 3.40. The van der Waals surface area contributed by atoms with Crippen molar-refractivity contribution in [2.75, 3.05) is 18.0 Å². The zero-order valence-electron chi connectivity index (χ0n) is 14.8. The molecular weight excluding hydrogens is 316 g/mol. The molecule has 4 rings (SSSR count). The number of piperidine rings is 1. The van der Waals surface area contributed by atoms with Gasteiger partial charge < -0.3 is 10.2 Å². The van der Waals surface area contributed by atoms with Crippen molar-refractivity contribution in [2.45, 2.75) is 44.6 Å². The molecule has 2 aromatic heterocycles. The summed E-state index contributed by atoms with van der Waals surface area (Å²) < 4.78 is 1.91. The van der Waals surface area contributed by atoms with Gasteiger partial charge in [0.25, 0.3) is 5.91 Å². The normalized spacial score (nSPS) is 20.6. The van der Waals surface area contributed by atoms with Gasteiger partial charge in [-0.05, 0) is 32.6 Å². The monoisotopic (exact) mass is 340 g/mol. The average molecular weight is 340 g/mol. The van der Waals surface area contributed by atoms with Crippen molar-refractivity contribution in [3.8, 4) is 0 Å².